The Bertz CT molecular complexity index is 3330. The van der Waals surface area contributed by atoms with Crippen LogP contribution in [0, 0.1) is 22.7 Å². The highest BCUT2D eigenvalue weighted by atomic mass is 16.5. The van der Waals surface area contributed by atoms with Crippen molar-refractivity contribution in [3.63, 3.8) is 0 Å². The number of pyridine rings is 3. The summed E-state index contributed by atoms with van der Waals surface area (Å²) in [6.45, 7) is 0. The van der Waals surface area contributed by atoms with Crippen LogP contribution in [0.2, 0.25) is 0 Å². The average Bonchev–Trinajstić information content (AvgIpc) is 3.87. The Labute approximate surface area is 319 Å². The number of para-hydroxylation sites is 2. The molecule has 1 aliphatic heterocycles. The fourth-order valence-electron chi connectivity index (χ4n) is 9.38. The quantitative estimate of drug-likeness (QED) is 0.176. The Kier molecular flexibility index (Phi) is 5.96. The number of nitrogens with zero attached hydrogens (tertiary/aromatic N) is 7. The number of rotatable bonds is 2. The van der Waals surface area contributed by atoms with E-state index in [1.807, 2.05) is 79.4 Å². The molecule has 0 amide bonds. The minimum atomic E-state index is -0.812. The molecule has 0 fully saturated rings. The maximum atomic E-state index is 9.81. The predicted molar refractivity (Wildman–Crippen MR) is 215 cm³/mol. The van der Waals surface area contributed by atoms with Crippen LogP contribution < -0.4 is 4.74 Å². The summed E-state index contributed by atoms with van der Waals surface area (Å²) in [7, 11) is 0. The molecule has 10 aromatic rings. The van der Waals surface area contributed by atoms with Gasteiger partial charge < -0.3 is 13.9 Å². The molecule has 8 nitrogen and oxygen atoms in total. The lowest BCUT2D eigenvalue weighted by Gasteiger charge is -2.39. The molecule has 0 saturated carbocycles. The molecule has 56 heavy (non-hydrogen) atoms. The van der Waals surface area contributed by atoms with Gasteiger partial charge in [-0.2, -0.15) is 10.5 Å². The summed E-state index contributed by atoms with van der Waals surface area (Å²) in [5.74, 6) is 1.51. The number of fused-ring (bicyclic) bond motifs is 15. The van der Waals surface area contributed by atoms with Crippen molar-refractivity contribution in [3.8, 4) is 46.4 Å². The summed E-state index contributed by atoms with van der Waals surface area (Å²) in [4.78, 5) is 14.7. The van der Waals surface area contributed by atoms with Crippen molar-refractivity contribution in [1.82, 2.24) is 24.1 Å². The van der Waals surface area contributed by atoms with Gasteiger partial charge in [-0.25, -0.2) is 0 Å². The Balaban J connectivity index is 1.15. The molecule has 12 rings (SSSR count). The number of benzene rings is 5. The van der Waals surface area contributed by atoms with Crippen LogP contribution in [0.4, 0.5) is 0 Å². The number of hydrogen-bond donors (Lipinski definition) is 0. The van der Waals surface area contributed by atoms with E-state index in [2.05, 4.69) is 99.1 Å². The molecule has 1 spiro atoms. The summed E-state index contributed by atoms with van der Waals surface area (Å²) in [6.07, 6.45) is 7.49. The van der Waals surface area contributed by atoms with Gasteiger partial charge in [-0.3, -0.25) is 15.0 Å². The van der Waals surface area contributed by atoms with Gasteiger partial charge in [0.25, 0.3) is 0 Å². The molecule has 0 saturated heterocycles. The van der Waals surface area contributed by atoms with Crippen LogP contribution in [0.5, 0.6) is 11.5 Å². The summed E-state index contributed by atoms with van der Waals surface area (Å²) in [5.41, 5.74) is 11.7. The SMILES string of the molecule is N#Cc1ccc2c(c1)c1cc(C#N)ccc1n2-c1cnc2c(c1)C1(c3ccccc3Oc3cc(-n4c5ccccc5c5ccncc54)ccc31)c1cccnc1-2. The summed E-state index contributed by atoms with van der Waals surface area (Å²) in [6, 6.07) is 47.7. The van der Waals surface area contributed by atoms with Crippen LogP contribution in [0.15, 0.2) is 152 Å². The maximum absolute atomic E-state index is 9.81. The average molecular weight is 716 g/mol. The zero-order chi connectivity index (χ0) is 37.1. The molecule has 5 aromatic carbocycles. The summed E-state index contributed by atoms with van der Waals surface area (Å²) < 4.78 is 11.3. The van der Waals surface area contributed by atoms with Crippen LogP contribution in [0.1, 0.15) is 33.4 Å². The fourth-order valence-corrected chi connectivity index (χ4v) is 9.38. The lowest BCUT2D eigenvalue weighted by molar-refractivity contribution is 0.436. The van der Waals surface area contributed by atoms with Crippen LogP contribution >= 0.6 is 0 Å². The molecule has 8 heteroatoms. The Morgan fingerprint density at radius 2 is 1.16 bits per heavy atom. The van der Waals surface area contributed by atoms with E-state index in [1.54, 1.807) is 0 Å². The second-order valence-corrected chi connectivity index (χ2v) is 14.3. The normalized spacial score (nSPS) is 15.0. The Morgan fingerprint density at radius 1 is 0.482 bits per heavy atom. The van der Waals surface area contributed by atoms with E-state index in [-0.39, 0.29) is 0 Å². The Hall–Kier alpha value is -8.07. The van der Waals surface area contributed by atoms with E-state index in [9.17, 15) is 10.5 Å². The van der Waals surface area contributed by atoms with Crippen molar-refractivity contribution in [3.05, 3.63) is 186 Å². The minimum absolute atomic E-state index is 0.554. The fraction of sp³-hybridized carbons (Fsp3) is 0.0208. The van der Waals surface area contributed by atoms with E-state index in [0.717, 1.165) is 100 Å². The first kappa shape index (κ1) is 30.4. The minimum Gasteiger partial charge on any atom is -0.457 e. The molecule has 0 N–H and O–H groups in total. The highest BCUT2D eigenvalue weighted by Gasteiger charge is 2.52. The highest BCUT2D eigenvalue weighted by Crippen LogP contribution is 2.61. The van der Waals surface area contributed by atoms with E-state index >= 15 is 0 Å². The van der Waals surface area contributed by atoms with Gasteiger partial charge >= 0.3 is 0 Å². The molecule has 1 aliphatic carbocycles. The predicted octanol–water partition coefficient (Wildman–Crippen LogP) is 10.3. The second kappa shape index (κ2) is 11.0. The molecule has 1 atom stereocenters. The molecular weight excluding hydrogens is 691 g/mol. The van der Waals surface area contributed by atoms with Crippen molar-refractivity contribution >= 4 is 43.6 Å². The zero-order valence-electron chi connectivity index (χ0n) is 29.5. The summed E-state index contributed by atoms with van der Waals surface area (Å²) in [5, 5.41) is 23.7. The van der Waals surface area contributed by atoms with Crippen molar-refractivity contribution in [2.45, 2.75) is 5.41 Å². The lowest BCUT2D eigenvalue weighted by Crippen LogP contribution is -2.32. The molecular formula is C48H25N7O. The van der Waals surface area contributed by atoms with Gasteiger partial charge in [-0.1, -0.05) is 48.5 Å². The topological polar surface area (TPSA) is 105 Å². The van der Waals surface area contributed by atoms with Crippen molar-refractivity contribution in [2.75, 3.05) is 0 Å². The first-order chi connectivity index (χ1) is 27.7. The van der Waals surface area contributed by atoms with Gasteiger partial charge in [0.05, 0.1) is 80.2 Å². The number of aromatic nitrogens is 5. The molecule has 2 aliphatic rings. The van der Waals surface area contributed by atoms with Crippen LogP contribution in [0.3, 0.4) is 0 Å². The molecule has 0 radical (unpaired) electrons. The Morgan fingerprint density at radius 3 is 1.98 bits per heavy atom. The van der Waals surface area contributed by atoms with Crippen molar-refractivity contribution < 1.29 is 4.74 Å². The number of nitriles is 2. The first-order valence-electron chi connectivity index (χ1n) is 18.3. The van der Waals surface area contributed by atoms with Gasteiger partial charge in [-0.05, 0) is 78.4 Å². The van der Waals surface area contributed by atoms with E-state index < -0.39 is 5.41 Å². The third kappa shape index (κ3) is 3.81. The third-order valence-electron chi connectivity index (χ3n) is 11.6. The van der Waals surface area contributed by atoms with E-state index in [0.29, 0.717) is 11.1 Å². The van der Waals surface area contributed by atoms with Gasteiger partial charge in [0.1, 0.15) is 11.5 Å². The molecule has 6 heterocycles. The summed E-state index contributed by atoms with van der Waals surface area (Å²) >= 11 is 0. The molecule has 0 bridgehead atoms. The van der Waals surface area contributed by atoms with Gasteiger partial charge in [0.15, 0.2) is 0 Å². The van der Waals surface area contributed by atoms with E-state index in [4.69, 9.17) is 14.7 Å². The second-order valence-electron chi connectivity index (χ2n) is 14.3. The molecule has 5 aromatic heterocycles. The van der Waals surface area contributed by atoms with Gasteiger partial charge in [-0.15, -0.1) is 0 Å². The first-order valence-corrected chi connectivity index (χ1v) is 18.3. The maximum Gasteiger partial charge on any atom is 0.134 e. The van der Waals surface area contributed by atoms with E-state index in [1.165, 1.54) is 0 Å². The molecule has 258 valence electrons. The van der Waals surface area contributed by atoms with Crippen LogP contribution in [0.25, 0.3) is 66.4 Å². The van der Waals surface area contributed by atoms with Crippen LogP contribution in [-0.4, -0.2) is 24.1 Å². The van der Waals surface area contributed by atoms with Crippen molar-refractivity contribution in [1.29, 1.82) is 10.5 Å². The van der Waals surface area contributed by atoms with Crippen molar-refractivity contribution in [2.24, 2.45) is 0 Å². The van der Waals surface area contributed by atoms with Crippen LogP contribution in [-0.2, 0) is 5.41 Å². The smallest absolute Gasteiger partial charge is 0.134 e. The highest BCUT2D eigenvalue weighted by molar-refractivity contribution is 6.10. The standard InChI is InChI=1S/C48H25N7O/c49-24-28-11-15-41-34(20-28)35-21-29(25-50)12-16-42(35)55(41)31-22-39-47(53-26-31)46-38(8-5-18-52-46)48(39)36-7-2-4-10-44(36)56-45-23-30(13-14-37(45)48)54-40-9-3-1-6-32(40)33-17-19-51-27-43(33)54/h1-23,26-27H. The monoisotopic (exact) mass is 715 g/mol. The zero-order valence-corrected chi connectivity index (χ0v) is 29.5. The lowest BCUT2D eigenvalue weighted by atomic mass is 9.66. The van der Waals surface area contributed by atoms with Gasteiger partial charge in [0.2, 0.25) is 0 Å². The molecule has 1 unspecified atom stereocenters. The van der Waals surface area contributed by atoms with Gasteiger partial charge in [0, 0.05) is 62.4 Å². The third-order valence-corrected chi connectivity index (χ3v) is 11.6. The largest absolute Gasteiger partial charge is 0.457 e. The number of ether oxygens (including phenoxy) is 1. The number of hydrogen-bond acceptors (Lipinski definition) is 6.